The lowest BCUT2D eigenvalue weighted by Crippen LogP contribution is -2.23. The van der Waals surface area contributed by atoms with E-state index in [2.05, 4.69) is 10.6 Å². The molecule has 2 heterocycles. The van der Waals surface area contributed by atoms with Gasteiger partial charge in [-0.25, -0.2) is 0 Å². The lowest BCUT2D eigenvalue weighted by atomic mass is 10.1. The largest absolute Gasteiger partial charge is 0.324 e. The van der Waals surface area contributed by atoms with E-state index in [9.17, 15) is 14.4 Å². The van der Waals surface area contributed by atoms with Crippen molar-refractivity contribution >= 4 is 46.1 Å². The highest BCUT2D eigenvalue weighted by molar-refractivity contribution is 7.10. The van der Waals surface area contributed by atoms with Crippen LogP contribution in [0.3, 0.4) is 0 Å². The number of nitrogens with one attached hydrogen (secondary N) is 2. The fourth-order valence-electron chi connectivity index (χ4n) is 3.38. The monoisotopic (exact) mass is 419 g/mol. The van der Waals surface area contributed by atoms with Gasteiger partial charge in [0.1, 0.15) is 0 Å². The Labute approximate surface area is 178 Å². The lowest BCUT2D eigenvalue weighted by Gasteiger charge is -2.16. The van der Waals surface area contributed by atoms with Gasteiger partial charge < -0.3 is 15.5 Å². The molecule has 6 nitrogen and oxygen atoms in total. The molecule has 0 aliphatic carbocycles. The Balaban J connectivity index is 1.43. The molecule has 0 unspecified atom stereocenters. The summed E-state index contributed by atoms with van der Waals surface area (Å²) < 4.78 is 0. The van der Waals surface area contributed by atoms with Gasteiger partial charge in [-0.15, -0.1) is 11.3 Å². The molecule has 2 aromatic carbocycles. The first-order chi connectivity index (χ1) is 14.6. The highest BCUT2D eigenvalue weighted by atomic mass is 32.1. The van der Waals surface area contributed by atoms with Gasteiger partial charge in [0.15, 0.2) is 0 Å². The minimum atomic E-state index is -0.283. The van der Waals surface area contributed by atoms with Crippen LogP contribution >= 0.6 is 11.3 Å². The van der Waals surface area contributed by atoms with Crippen molar-refractivity contribution in [2.45, 2.75) is 19.3 Å². The molecule has 3 aromatic rings. The van der Waals surface area contributed by atoms with Crippen molar-refractivity contribution in [2.75, 3.05) is 22.1 Å². The predicted octanol–water partition coefficient (Wildman–Crippen LogP) is 4.31. The summed E-state index contributed by atoms with van der Waals surface area (Å²) in [6.45, 7) is 0.711. The molecule has 0 atom stereocenters. The van der Waals surface area contributed by atoms with Gasteiger partial charge in [0, 0.05) is 29.1 Å². The molecular weight excluding hydrogens is 398 g/mol. The number of para-hydroxylation sites is 2. The molecule has 1 aliphatic rings. The number of rotatable bonds is 6. The Hall–Kier alpha value is -3.45. The number of hydrogen-bond acceptors (Lipinski definition) is 4. The second kappa shape index (κ2) is 8.92. The third-order valence-corrected chi connectivity index (χ3v) is 5.76. The van der Waals surface area contributed by atoms with Crippen molar-refractivity contribution in [3.63, 3.8) is 0 Å². The Morgan fingerprint density at radius 2 is 1.67 bits per heavy atom. The number of carbonyl (C=O) groups is 3. The van der Waals surface area contributed by atoms with E-state index in [1.807, 2.05) is 17.5 Å². The van der Waals surface area contributed by atoms with Gasteiger partial charge in [-0.05, 0) is 54.3 Å². The van der Waals surface area contributed by atoms with Crippen LogP contribution in [0.1, 0.15) is 28.1 Å². The molecule has 7 heteroatoms. The highest BCUT2D eigenvalue weighted by Crippen LogP contribution is 2.24. The van der Waals surface area contributed by atoms with Crippen molar-refractivity contribution in [3.8, 4) is 0 Å². The first kappa shape index (κ1) is 19.8. The van der Waals surface area contributed by atoms with E-state index >= 15 is 0 Å². The van der Waals surface area contributed by atoms with E-state index in [0.29, 0.717) is 29.9 Å². The van der Waals surface area contributed by atoms with Crippen molar-refractivity contribution in [3.05, 3.63) is 76.5 Å². The Morgan fingerprint density at radius 3 is 2.30 bits per heavy atom. The predicted molar refractivity (Wildman–Crippen MR) is 119 cm³/mol. The highest BCUT2D eigenvalue weighted by Gasteiger charge is 2.21. The van der Waals surface area contributed by atoms with Gasteiger partial charge >= 0.3 is 0 Å². The molecule has 3 amide bonds. The van der Waals surface area contributed by atoms with Crippen LogP contribution in [-0.2, 0) is 16.0 Å². The van der Waals surface area contributed by atoms with Crippen LogP contribution in [0.2, 0.25) is 0 Å². The smallest absolute Gasteiger partial charge is 0.255 e. The van der Waals surface area contributed by atoms with E-state index in [4.69, 9.17) is 0 Å². The zero-order chi connectivity index (χ0) is 20.9. The molecule has 1 saturated heterocycles. The minimum Gasteiger partial charge on any atom is -0.324 e. The summed E-state index contributed by atoms with van der Waals surface area (Å²) in [4.78, 5) is 39.6. The summed E-state index contributed by atoms with van der Waals surface area (Å²) in [6, 6.07) is 17.9. The maximum Gasteiger partial charge on any atom is 0.255 e. The van der Waals surface area contributed by atoms with Crippen LogP contribution in [0.4, 0.5) is 17.1 Å². The van der Waals surface area contributed by atoms with Gasteiger partial charge in [0.25, 0.3) is 5.91 Å². The van der Waals surface area contributed by atoms with Crippen molar-refractivity contribution in [2.24, 2.45) is 0 Å². The number of amides is 3. The maximum atomic E-state index is 12.7. The Bertz CT molecular complexity index is 1060. The first-order valence-corrected chi connectivity index (χ1v) is 10.6. The van der Waals surface area contributed by atoms with Gasteiger partial charge in [0.2, 0.25) is 11.8 Å². The molecule has 0 spiro atoms. The maximum absolute atomic E-state index is 12.7. The number of carbonyl (C=O) groups excluding carboxylic acids is 3. The van der Waals surface area contributed by atoms with E-state index in [1.54, 1.807) is 53.4 Å². The normalized spacial score (nSPS) is 13.3. The van der Waals surface area contributed by atoms with Crippen LogP contribution in [0.15, 0.2) is 66.0 Å². The zero-order valence-electron chi connectivity index (χ0n) is 16.3. The Morgan fingerprint density at radius 1 is 0.933 bits per heavy atom. The summed E-state index contributed by atoms with van der Waals surface area (Å²) in [5, 5.41) is 7.66. The molecule has 1 aromatic heterocycles. The molecule has 2 N–H and O–H groups in total. The van der Waals surface area contributed by atoms with E-state index in [0.717, 1.165) is 17.0 Å². The lowest BCUT2D eigenvalue weighted by molar-refractivity contribution is -0.117. The van der Waals surface area contributed by atoms with Gasteiger partial charge in [-0.3, -0.25) is 14.4 Å². The summed E-state index contributed by atoms with van der Waals surface area (Å²) in [5.41, 5.74) is 2.35. The van der Waals surface area contributed by atoms with E-state index in [1.165, 1.54) is 11.3 Å². The molecule has 0 bridgehead atoms. The number of anilines is 3. The van der Waals surface area contributed by atoms with Crippen LogP contribution in [-0.4, -0.2) is 24.3 Å². The third kappa shape index (κ3) is 4.58. The first-order valence-electron chi connectivity index (χ1n) is 9.73. The van der Waals surface area contributed by atoms with Crippen LogP contribution < -0.4 is 15.5 Å². The molecule has 0 radical (unpaired) electrons. The number of hydrogen-bond donors (Lipinski definition) is 2. The van der Waals surface area contributed by atoms with E-state index < -0.39 is 0 Å². The fraction of sp³-hybridized carbons (Fsp3) is 0.174. The second-order valence-corrected chi connectivity index (χ2v) is 8.03. The average Bonchev–Trinajstić information content (AvgIpc) is 3.41. The number of benzene rings is 2. The average molecular weight is 420 g/mol. The molecule has 0 saturated carbocycles. The number of thiophene rings is 1. The van der Waals surface area contributed by atoms with E-state index in [-0.39, 0.29) is 24.1 Å². The van der Waals surface area contributed by atoms with Crippen molar-refractivity contribution in [1.82, 2.24) is 0 Å². The third-order valence-electron chi connectivity index (χ3n) is 4.88. The molecule has 4 rings (SSSR count). The van der Waals surface area contributed by atoms with Crippen molar-refractivity contribution in [1.29, 1.82) is 0 Å². The minimum absolute atomic E-state index is 0.111. The SMILES string of the molecule is O=C(Cc1cccs1)Nc1ccccc1NC(=O)c1ccc(N2CCCC2=O)cc1. The second-order valence-electron chi connectivity index (χ2n) is 7.00. The van der Waals surface area contributed by atoms with Gasteiger partial charge in [-0.2, -0.15) is 0 Å². The van der Waals surface area contributed by atoms with Crippen molar-refractivity contribution < 1.29 is 14.4 Å². The summed E-state index contributed by atoms with van der Waals surface area (Å²) in [7, 11) is 0. The fourth-order valence-corrected chi connectivity index (χ4v) is 4.08. The quantitative estimate of drug-likeness (QED) is 0.625. The molecule has 30 heavy (non-hydrogen) atoms. The van der Waals surface area contributed by atoms with Gasteiger partial charge in [0.05, 0.1) is 17.8 Å². The Kier molecular flexibility index (Phi) is 5.90. The van der Waals surface area contributed by atoms with Crippen LogP contribution in [0.25, 0.3) is 0 Å². The summed E-state index contributed by atoms with van der Waals surface area (Å²) in [6.07, 6.45) is 1.71. The molecule has 1 aliphatic heterocycles. The number of nitrogens with zero attached hydrogens (tertiary/aromatic N) is 1. The topological polar surface area (TPSA) is 78.5 Å². The van der Waals surface area contributed by atoms with Gasteiger partial charge in [-0.1, -0.05) is 18.2 Å². The zero-order valence-corrected chi connectivity index (χ0v) is 17.1. The standard InChI is InChI=1S/C23H21N3O3S/c27-21(15-18-5-4-14-30-18)24-19-6-1-2-7-20(19)25-23(29)16-9-11-17(12-10-16)26-13-3-8-22(26)28/h1-2,4-7,9-12,14H,3,8,13,15H2,(H,24,27)(H,25,29). The molecular formula is C23H21N3O3S. The summed E-state index contributed by atoms with van der Waals surface area (Å²) >= 11 is 1.53. The molecule has 1 fully saturated rings. The van der Waals surface area contributed by atoms with Crippen LogP contribution in [0.5, 0.6) is 0 Å². The molecule has 152 valence electrons. The van der Waals surface area contributed by atoms with Crippen LogP contribution in [0, 0.1) is 0 Å². The summed E-state index contributed by atoms with van der Waals surface area (Å²) in [5.74, 6) is -0.313.